The van der Waals surface area contributed by atoms with E-state index in [1.54, 1.807) is 0 Å². The summed E-state index contributed by atoms with van der Waals surface area (Å²) in [5, 5.41) is 17.1. The molecule has 0 heterocycles. The van der Waals surface area contributed by atoms with Gasteiger partial charge in [-0.05, 0) is 6.42 Å². The van der Waals surface area contributed by atoms with E-state index in [1.165, 1.54) is 4.90 Å². The summed E-state index contributed by atoms with van der Waals surface area (Å²) in [5.41, 5.74) is 0. The molecule has 6 heteroatoms. The van der Waals surface area contributed by atoms with Crippen LogP contribution in [0.2, 0.25) is 0 Å². The maximum Gasteiger partial charge on any atom is 0.390 e. The first-order valence-corrected chi connectivity index (χ1v) is 4.50. The molecule has 0 spiro atoms. The summed E-state index contributed by atoms with van der Waals surface area (Å²) < 4.78 is 35.5. The van der Waals surface area contributed by atoms with Crippen molar-refractivity contribution in [1.29, 1.82) is 0 Å². The summed E-state index contributed by atoms with van der Waals surface area (Å²) in [7, 11) is 0. The van der Waals surface area contributed by atoms with Crippen molar-refractivity contribution < 1.29 is 23.4 Å². The van der Waals surface area contributed by atoms with Crippen molar-refractivity contribution in [3.05, 3.63) is 0 Å². The molecule has 0 fully saturated rings. The van der Waals surface area contributed by atoms with Gasteiger partial charge in [-0.25, -0.2) is 0 Å². The minimum Gasteiger partial charge on any atom is -0.396 e. The fourth-order valence-corrected chi connectivity index (χ4v) is 1.06. The molecule has 0 aliphatic heterocycles. The Bertz CT molecular complexity index is 141. The Kier molecular flexibility index (Phi) is 6.86. The number of nitrogens with zero attached hydrogens (tertiary/aromatic N) is 1. The maximum atomic E-state index is 11.8. The van der Waals surface area contributed by atoms with E-state index in [2.05, 4.69) is 0 Å². The maximum absolute atomic E-state index is 11.8. The molecule has 0 rings (SSSR count). The van der Waals surface area contributed by atoms with Crippen LogP contribution in [0.15, 0.2) is 0 Å². The first-order valence-electron chi connectivity index (χ1n) is 4.50. The number of hydrogen-bond donors (Lipinski definition) is 2. The molecule has 3 nitrogen and oxygen atoms in total. The molecule has 0 atom stereocenters. The van der Waals surface area contributed by atoms with Gasteiger partial charge in [-0.3, -0.25) is 0 Å². The average Bonchev–Trinajstić information content (AvgIpc) is 2.08. The molecule has 0 aromatic heterocycles. The molecule has 0 radical (unpaired) electrons. The van der Waals surface area contributed by atoms with Crippen LogP contribution in [-0.4, -0.2) is 54.1 Å². The lowest BCUT2D eigenvalue weighted by molar-refractivity contribution is -0.138. The number of rotatable bonds is 7. The van der Waals surface area contributed by atoms with Crippen LogP contribution in [0.3, 0.4) is 0 Å². The Hall–Kier alpha value is -0.330. The standard InChI is InChI=1S/C8H16F3NO2/c9-8(10,11)2-4-12(5-7-14)3-1-6-13/h13-14H,1-7H2. The Balaban J connectivity index is 3.72. The lowest BCUT2D eigenvalue weighted by atomic mass is 10.3. The van der Waals surface area contributed by atoms with Gasteiger partial charge in [-0.15, -0.1) is 0 Å². The molecule has 0 unspecified atom stereocenters. The molecular formula is C8H16F3NO2. The molecule has 0 aliphatic rings. The second kappa shape index (κ2) is 7.03. The Morgan fingerprint density at radius 1 is 0.929 bits per heavy atom. The van der Waals surface area contributed by atoms with E-state index >= 15 is 0 Å². The molecule has 0 aliphatic carbocycles. The second-order valence-electron chi connectivity index (χ2n) is 3.01. The van der Waals surface area contributed by atoms with Gasteiger partial charge in [-0.1, -0.05) is 0 Å². The Labute approximate surface area is 81.1 Å². The molecule has 0 saturated heterocycles. The zero-order valence-corrected chi connectivity index (χ0v) is 7.93. The van der Waals surface area contributed by atoms with Crippen LogP contribution in [0, 0.1) is 0 Å². The van der Waals surface area contributed by atoms with Gasteiger partial charge in [0.05, 0.1) is 13.0 Å². The minimum absolute atomic E-state index is 0.0477. The van der Waals surface area contributed by atoms with Crippen LogP contribution in [0.5, 0.6) is 0 Å². The van der Waals surface area contributed by atoms with E-state index < -0.39 is 12.6 Å². The summed E-state index contributed by atoms with van der Waals surface area (Å²) in [6.45, 7) is 0.268. The van der Waals surface area contributed by atoms with Crippen LogP contribution in [0.25, 0.3) is 0 Å². The first-order chi connectivity index (χ1) is 6.49. The molecule has 86 valence electrons. The SMILES string of the molecule is OCCCN(CCO)CCC(F)(F)F. The van der Waals surface area contributed by atoms with E-state index in [1.807, 2.05) is 0 Å². The van der Waals surface area contributed by atoms with Crippen LogP contribution in [0.4, 0.5) is 13.2 Å². The molecule has 0 amide bonds. The zero-order chi connectivity index (χ0) is 11.0. The third kappa shape index (κ3) is 8.28. The Morgan fingerprint density at radius 3 is 2.00 bits per heavy atom. The summed E-state index contributed by atoms with van der Waals surface area (Å²) >= 11 is 0. The molecule has 0 saturated carbocycles. The number of hydrogen-bond acceptors (Lipinski definition) is 3. The van der Waals surface area contributed by atoms with Crippen LogP contribution in [-0.2, 0) is 0 Å². The monoisotopic (exact) mass is 215 g/mol. The predicted molar refractivity (Wildman–Crippen MR) is 45.9 cm³/mol. The van der Waals surface area contributed by atoms with Crippen LogP contribution >= 0.6 is 0 Å². The molecule has 0 aromatic rings. The van der Waals surface area contributed by atoms with Crippen molar-refractivity contribution in [2.75, 3.05) is 32.8 Å². The van der Waals surface area contributed by atoms with Crippen molar-refractivity contribution in [3.63, 3.8) is 0 Å². The highest BCUT2D eigenvalue weighted by Crippen LogP contribution is 2.19. The second-order valence-corrected chi connectivity index (χ2v) is 3.01. The molecule has 0 aromatic carbocycles. The van der Waals surface area contributed by atoms with Crippen molar-refractivity contribution >= 4 is 0 Å². The average molecular weight is 215 g/mol. The van der Waals surface area contributed by atoms with Crippen molar-refractivity contribution in [1.82, 2.24) is 4.90 Å². The number of aliphatic hydroxyl groups excluding tert-OH is 2. The number of aliphatic hydroxyl groups is 2. The third-order valence-corrected chi connectivity index (χ3v) is 1.76. The van der Waals surface area contributed by atoms with Crippen LogP contribution in [0.1, 0.15) is 12.8 Å². The third-order valence-electron chi connectivity index (χ3n) is 1.76. The van der Waals surface area contributed by atoms with Gasteiger partial charge < -0.3 is 15.1 Å². The van der Waals surface area contributed by atoms with E-state index in [0.717, 1.165) is 0 Å². The fraction of sp³-hybridized carbons (Fsp3) is 1.00. The molecule has 0 bridgehead atoms. The summed E-state index contributed by atoms with van der Waals surface area (Å²) in [4.78, 5) is 1.49. The summed E-state index contributed by atoms with van der Waals surface area (Å²) in [6, 6.07) is 0. The Morgan fingerprint density at radius 2 is 1.57 bits per heavy atom. The fourth-order valence-electron chi connectivity index (χ4n) is 1.06. The van der Waals surface area contributed by atoms with E-state index in [-0.39, 0.29) is 26.3 Å². The van der Waals surface area contributed by atoms with Crippen molar-refractivity contribution in [2.45, 2.75) is 19.0 Å². The van der Waals surface area contributed by atoms with E-state index in [4.69, 9.17) is 10.2 Å². The van der Waals surface area contributed by atoms with Crippen molar-refractivity contribution in [3.8, 4) is 0 Å². The molecule has 2 N–H and O–H groups in total. The van der Waals surface area contributed by atoms with Crippen molar-refractivity contribution in [2.24, 2.45) is 0 Å². The minimum atomic E-state index is -4.16. The highest BCUT2D eigenvalue weighted by atomic mass is 19.4. The van der Waals surface area contributed by atoms with Gasteiger partial charge >= 0.3 is 6.18 Å². The quantitative estimate of drug-likeness (QED) is 0.654. The zero-order valence-electron chi connectivity index (χ0n) is 7.93. The van der Waals surface area contributed by atoms with Gasteiger partial charge in [0.2, 0.25) is 0 Å². The number of alkyl halides is 3. The highest BCUT2D eigenvalue weighted by Gasteiger charge is 2.27. The highest BCUT2D eigenvalue weighted by molar-refractivity contribution is 4.60. The number of halogens is 3. The lowest BCUT2D eigenvalue weighted by Gasteiger charge is -2.21. The largest absolute Gasteiger partial charge is 0.396 e. The van der Waals surface area contributed by atoms with Crippen LogP contribution < -0.4 is 0 Å². The predicted octanol–water partition coefficient (Wildman–Crippen LogP) is 0.615. The lowest BCUT2D eigenvalue weighted by Crippen LogP contribution is -2.32. The normalized spacial score (nSPS) is 12.4. The van der Waals surface area contributed by atoms with Gasteiger partial charge in [0.15, 0.2) is 0 Å². The molecular weight excluding hydrogens is 199 g/mol. The van der Waals surface area contributed by atoms with E-state index in [9.17, 15) is 13.2 Å². The summed E-state index contributed by atoms with van der Waals surface area (Å²) in [5.74, 6) is 0. The van der Waals surface area contributed by atoms with Gasteiger partial charge in [0.25, 0.3) is 0 Å². The van der Waals surface area contributed by atoms with E-state index in [0.29, 0.717) is 13.0 Å². The van der Waals surface area contributed by atoms with Gasteiger partial charge in [-0.2, -0.15) is 13.2 Å². The first kappa shape index (κ1) is 13.7. The smallest absolute Gasteiger partial charge is 0.390 e. The van der Waals surface area contributed by atoms with Gasteiger partial charge in [0, 0.05) is 26.2 Å². The topological polar surface area (TPSA) is 43.7 Å². The summed E-state index contributed by atoms with van der Waals surface area (Å²) in [6.07, 6.45) is -4.61. The van der Waals surface area contributed by atoms with Gasteiger partial charge in [0.1, 0.15) is 0 Å². The molecule has 14 heavy (non-hydrogen) atoms.